The van der Waals surface area contributed by atoms with Gasteiger partial charge in [-0.3, -0.25) is 0 Å². The number of aromatic nitrogens is 3. The average Bonchev–Trinajstić information content (AvgIpc) is 2.55. The Hall–Kier alpha value is -1.76. The molecule has 0 aromatic carbocycles. The SMILES string of the molecule is O=C(O)C1C=CCn2c(=O)n(CCCl)c(=O)n21. The highest BCUT2D eigenvalue weighted by Gasteiger charge is 2.27. The number of allylic oxidation sites excluding steroid dienone is 1. The molecule has 8 heteroatoms. The number of aliphatic carboxylic acids is 1. The Kier molecular flexibility index (Phi) is 2.93. The maximum atomic E-state index is 11.9. The van der Waals surface area contributed by atoms with Crippen LogP contribution in [0.4, 0.5) is 0 Å². The number of halogens is 1. The topological polar surface area (TPSA) is 86.2 Å². The van der Waals surface area contributed by atoms with Crippen molar-refractivity contribution in [3.8, 4) is 0 Å². The first kappa shape index (κ1) is 11.7. The standard InChI is InChI=1S/C9H10ClN3O4/c10-3-5-11-8(16)12-4-1-2-6(7(14)15)13(12)9(11)17/h1-2,6H,3-5H2,(H,14,15). The molecule has 1 N–H and O–H groups in total. The van der Waals surface area contributed by atoms with Crippen LogP contribution in [0.3, 0.4) is 0 Å². The van der Waals surface area contributed by atoms with Gasteiger partial charge in [0.1, 0.15) is 0 Å². The molecular formula is C9H10ClN3O4. The third-order valence-electron chi connectivity index (χ3n) is 2.56. The molecule has 1 unspecified atom stereocenters. The smallest absolute Gasteiger partial charge is 0.348 e. The van der Waals surface area contributed by atoms with E-state index < -0.39 is 23.4 Å². The Bertz CT molecular complexity index is 594. The normalized spacial score (nSPS) is 18.1. The van der Waals surface area contributed by atoms with E-state index in [0.29, 0.717) is 0 Å². The van der Waals surface area contributed by atoms with Crippen LogP contribution in [0.25, 0.3) is 0 Å². The van der Waals surface area contributed by atoms with Crippen LogP contribution in [0.15, 0.2) is 21.7 Å². The molecule has 17 heavy (non-hydrogen) atoms. The molecule has 1 atom stereocenters. The molecular weight excluding hydrogens is 250 g/mol. The van der Waals surface area contributed by atoms with Gasteiger partial charge >= 0.3 is 17.3 Å². The lowest BCUT2D eigenvalue weighted by atomic mass is 10.2. The molecule has 1 aromatic heterocycles. The summed E-state index contributed by atoms with van der Waals surface area (Å²) >= 11 is 5.49. The van der Waals surface area contributed by atoms with Crippen LogP contribution < -0.4 is 11.4 Å². The third kappa shape index (κ3) is 1.72. The first-order valence-electron chi connectivity index (χ1n) is 4.95. The molecule has 0 aliphatic carbocycles. The van der Waals surface area contributed by atoms with Crippen molar-refractivity contribution in [2.24, 2.45) is 0 Å². The van der Waals surface area contributed by atoms with Gasteiger partial charge in [-0.2, -0.15) is 0 Å². The zero-order valence-electron chi connectivity index (χ0n) is 8.74. The summed E-state index contributed by atoms with van der Waals surface area (Å²) in [6.45, 7) is 0.256. The van der Waals surface area contributed by atoms with Crippen LogP contribution in [0.5, 0.6) is 0 Å². The fourth-order valence-electron chi connectivity index (χ4n) is 1.81. The minimum Gasteiger partial charge on any atom is -0.479 e. The van der Waals surface area contributed by atoms with Gasteiger partial charge in [0, 0.05) is 12.4 Å². The van der Waals surface area contributed by atoms with Gasteiger partial charge in [-0.05, 0) is 0 Å². The minimum atomic E-state index is -1.18. The summed E-state index contributed by atoms with van der Waals surface area (Å²) in [5, 5.41) is 8.98. The number of hydrogen-bond donors (Lipinski definition) is 1. The van der Waals surface area contributed by atoms with Gasteiger partial charge in [0.25, 0.3) is 0 Å². The van der Waals surface area contributed by atoms with Crippen LogP contribution in [-0.4, -0.2) is 30.9 Å². The van der Waals surface area contributed by atoms with Gasteiger partial charge in [0.15, 0.2) is 6.04 Å². The van der Waals surface area contributed by atoms with Crippen molar-refractivity contribution in [2.75, 3.05) is 5.88 Å². The van der Waals surface area contributed by atoms with Crippen molar-refractivity contribution >= 4 is 17.6 Å². The zero-order chi connectivity index (χ0) is 12.6. The second-order valence-electron chi connectivity index (χ2n) is 3.54. The molecule has 0 bridgehead atoms. The number of rotatable bonds is 3. The van der Waals surface area contributed by atoms with Crippen molar-refractivity contribution in [1.82, 2.24) is 13.9 Å². The molecule has 2 heterocycles. The molecule has 7 nitrogen and oxygen atoms in total. The predicted octanol–water partition coefficient (Wildman–Crippen LogP) is -0.754. The number of carbonyl (C=O) groups is 1. The largest absolute Gasteiger partial charge is 0.479 e. The van der Waals surface area contributed by atoms with Gasteiger partial charge in [0.2, 0.25) is 0 Å². The van der Waals surface area contributed by atoms with Crippen molar-refractivity contribution < 1.29 is 9.90 Å². The van der Waals surface area contributed by atoms with Crippen LogP contribution >= 0.6 is 11.6 Å². The van der Waals surface area contributed by atoms with Gasteiger partial charge in [-0.25, -0.2) is 28.3 Å². The van der Waals surface area contributed by atoms with Gasteiger partial charge in [-0.1, -0.05) is 12.2 Å². The van der Waals surface area contributed by atoms with E-state index in [4.69, 9.17) is 16.7 Å². The Balaban J connectivity index is 2.66. The van der Waals surface area contributed by atoms with E-state index in [1.54, 1.807) is 6.08 Å². The number of hydrogen-bond acceptors (Lipinski definition) is 3. The molecule has 1 aliphatic heterocycles. The van der Waals surface area contributed by atoms with Crippen molar-refractivity contribution in [2.45, 2.75) is 19.1 Å². The average molecular weight is 260 g/mol. The molecule has 0 saturated carbocycles. The van der Waals surface area contributed by atoms with E-state index in [0.717, 1.165) is 13.9 Å². The number of alkyl halides is 1. The minimum absolute atomic E-state index is 0.0680. The number of nitrogens with zero attached hydrogens (tertiary/aromatic N) is 3. The van der Waals surface area contributed by atoms with Crippen LogP contribution in [-0.2, 0) is 17.9 Å². The van der Waals surface area contributed by atoms with Gasteiger partial charge in [-0.15, -0.1) is 11.6 Å². The molecule has 1 aliphatic rings. The van der Waals surface area contributed by atoms with Crippen LogP contribution in [0.2, 0.25) is 0 Å². The highest BCUT2D eigenvalue weighted by Crippen LogP contribution is 2.09. The molecule has 2 rings (SSSR count). The first-order chi connectivity index (χ1) is 8.07. The molecule has 0 fully saturated rings. The lowest BCUT2D eigenvalue weighted by Gasteiger charge is -2.16. The fraction of sp³-hybridized carbons (Fsp3) is 0.444. The summed E-state index contributed by atoms with van der Waals surface area (Å²) in [7, 11) is 0. The lowest BCUT2D eigenvalue weighted by Crippen LogP contribution is -2.36. The Morgan fingerprint density at radius 3 is 2.76 bits per heavy atom. The summed E-state index contributed by atoms with van der Waals surface area (Å²) in [6, 6.07) is -1.14. The Morgan fingerprint density at radius 2 is 2.18 bits per heavy atom. The highest BCUT2D eigenvalue weighted by molar-refractivity contribution is 6.17. The van der Waals surface area contributed by atoms with E-state index in [9.17, 15) is 14.4 Å². The Labute approximate surface area is 100 Å². The van der Waals surface area contributed by atoms with E-state index >= 15 is 0 Å². The maximum absolute atomic E-state index is 11.9. The van der Waals surface area contributed by atoms with Crippen LogP contribution in [0.1, 0.15) is 6.04 Å². The monoisotopic (exact) mass is 259 g/mol. The molecule has 0 radical (unpaired) electrons. The first-order valence-corrected chi connectivity index (χ1v) is 5.49. The van der Waals surface area contributed by atoms with E-state index in [2.05, 4.69) is 0 Å². The van der Waals surface area contributed by atoms with E-state index in [-0.39, 0.29) is 19.0 Å². The Morgan fingerprint density at radius 1 is 1.47 bits per heavy atom. The molecule has 92 valence electrons. The maximum Gasteiger partial charge on any atom is 0.348 e. The second kappa shape index (κ2) is 4.25. The van der Waals surface area contributed by atoms with E-state index in [1.165, 1.54) is 6.08 Å². The van der Waals surface area contributed by atoms with Crippen LogP contribution in [0, 0.1) is 0 Å². The quantitative estimate of drug-likeness (QED) is 0.571. The van der Waals surface area contributed by atoms with Crippen molar-refractivity contribution in [3.05, 3.63) is 33.1 Å². The number of carboxylic acids is 1. The second-order valence-corrected chi connectivity index (χ2v) is 3.92. The highest BCUT2D eigenvalue weighted by atomic mass is 35.5. The lowest BCUT2D eigenvalue weighted by molar-refractivity contribution is -0.140. The number of fused-ring (bicyclic) bond motifs is 1. The van der Waals surface area contributed by atoms with Crippen molar-refractivity contribution in [3.63, 3.8) is 0 Å². The molecule has 0 amide bonds. The van der Waals surface area contributed by atoms with E-state index in [1.807, 2.05) is 0 Å². The molecule has 1 aromatic rings. The van der Waals surface area contributed by atoms with Crippen molar-refractivity contribution in [1.29, 1.82) is 0 Å². The summed E-state index contributed by atoms with van der Waals surface area (Å²) in [5.74, 6) is -1.07. The summed E-state index contributed by atoms with van der Waals surface area (Å²) < 4.78 is 2.99. The summed E-state index contributed by atoms with van der Waals surface area (Å²) in [6.07, 6.45) is 2.93. The molecule has 0 saturated heterocycles. The fourth-order valence-corrected chi connectivity index (χ4v) is 1.98. The summed E-state index contributed by atoms with van der Waals surface area (Å²) in [4.78, 5) is 34.7. The predicted molar refractivity (Wildman–Crippen MR) is 59.5 cm³/mol. The third-order valence-corrected chi connectivity index (χ3v) is 2.73. The zero-order valence-corrected chi connectivity index (χ0v) is 9.50. The summed E-state index contributed by atoms with van der Waals surface area (Å²) in [5.41, 5.74) is -1.18. The van der Waals surface area contributed by atoms with Gasteiger partial charge < -0.3 is 5.11 Å². The van der Waals surface area contributed by atoms with Gasteiger partial charge in [0.05, 0.1) is 6.54 Å². The number of carboxylic acid groups (broad SMARTS) is 1. The molecule has 0 spiro atoms.